The maximum absolute atomic E-state index is 12.4. The Morgan fingerprint density at radius 1 is 1.05 bits per heavy atom. The molecule has 2 aliphatic rings. The number of rotatable bonds is 3. The van der Waals surface area contributed by atoms with Gasteiger partial charge in [0.25, 0.3) is 0 Å². The topological polar surface area (TPSA) is 35.6 Å². The number of hydrogen-bond acceptors (Lipinski definition) is 2. The number of carbonyl (C=O) groups is 1. The Balaban J connectivity index is 1.73. The van der Waals surface area contributed by atoms with Crippen molar-refractivity contribution in [2.24, 2.45) is 11.8 Å². The van der Waals surface area contributed by atoms with E-state index in [1.165, 1.54) is 12.8 Å². The molecule has 0 aliphatic carbocycles. The van der Waals surface area contributed by atoms with Gasteiger partial charge in [-0.3, -0.25) is 0 Å². The van der Waals surface area contributed by atoms with E-state index in [9.17, 15) is 4.79 Å². The number of nitrogens with zero attached hydrogens (tertiary/aromatic N) is 2. The van der Waals surface area contributed by atoms with E-state index >= 15 is 0 Å². The van der Waals surface area contributed by atoms with Gasteiger partial charge in [-0.2, -0.15) is 0 Å². The van der Waals surface area contributed by atoms with Gasteiger partial charge in [0.15, 0.2) is 0 Å². The molecule has 0 bridgehead atoms. The summed E-state index contributed by atoms with van der Waals surface area (Å²) >= 11 is 0. The van der Waals surface area contributed by atoms with Crippen LogP contribution < -0.4 is 5.32 Å². The molecule has 0 saturated carbocycles. The molecule has 2 heterocycles. The summed E-state index contributed by atoms with van der Waals surface area (Å²) in [6.45, 7) is 10.4. The minimum Gasteiger partial charge on any atom is -0.325 e. The highest BCUT2D eigenvalue weighted by atomic mass is 16.2. The van der Waals surface area contributed by atoms with Crippen LogP contribution in [0.5, 0.6) is 0 Å². The van der Waals surface area contributed by atoms with Crippen LogP contribution in [0.4, 0.5) is 4.79 Å². The molecular formula is C15H29N3O. The third-order valence-corrected chi connectivity index (χ3v) is 4.62. The molecule has 0 aromatic rings. The fourth-order valence-corrected chi connectivity index (χ4v) is 3.08. The second-order valence-corrected chi connectivity index (χ2v) is 6.19. The van der Waals surface area contributed by atoms with E-state index in [4.69, 9.17) is 0 Å². The summed E-state index contributed by atoms with van der Waals surface area (Å²) < 4.78 is 0. The molecular weight excluding hydrogens is 238 g/mol. The van der Waals surface area contributed by atoms with Crippen LogP contribution in [0, 0.1) is 11.8 Å². The molecule has 2 saturated heterocycles. The molecule has 0 radical (unpaired) electrons. The Bertz CT molecular complexity index is 279. The monoisotopic (exact) mass is 267 g/mol. The van der Waals surface area contributed by atoms with Crippen molar-refractivity contribution in [3.05, 3.63) is 0 Å². The molecule has 110 valence electrons. The van der Waals surface area contributed by atoms with Crippen LogP contribution in [0.1, 0.15) is 39.5 Å². The number of likely N-dealkylation sites (tertiary alicyclic amines) is 2. The summed E-state index contributed by atoms with van der Waals surface area (Å²) in [6, 6.07) is 0.286. The Kier molecular flexibility index (Phi) is 5.49. The van der Waals surface area contributed by atoms with Crippen molar-refractivity contribution in [3.8, 4) is 0 Å². The molecule has 0 aromatic heterocycles. The van der Waals surface area contributed by atoms with E-state index in [2.05, 4.69) is 29.0 Å². The Labute approximate surface area is 117 Å². The van der Waals surface area contributed by atoms with E-state index in [0.717, 1.165) is 63.9 Å². The highest BCUT2D eigenvalue weighted by Crippen LogP contribution is 2.21. The lowest BCUT2D eigenvalue weighted by Gasteiger charge is -2.38. The summed E-state index contributed by atoms with van der Waals surface area (Å²) in [5.74, 6) is 1.54. The van der Waals surface area contributed by atoms with Gasteiger partial charge in [0.05, 0.1) is 0 Å². The molecule has 4 nitrogen and oxygen atoms in total. The van der Waals surface area contributed by atoms with Gasteiger partial charge in [-0.15, -0.1) is 0 Å². The molecule has 2 fully saturated rings. The van der Waals surface area contributed by atoms with Crippen LogP contribution in [0.25, 0.3) is 0 Å². The van der Waals surface area contributed by atoms with Gasteiger partial charge in [0, 0.05) is 26.2 Å². The lowest BCUT2D eigenvalue weighted by Crippen LogP contribution is -2.49. The molecule has 0 aromatic carbocycles. The predicted molar refractivity (Wildman–Crippen MR) is 78.2 cm³/mol. The lowest BCUT2D eigenvalue weighted by atomic mass is 9.96. The van der Waals surface area contributed by atoms with Crippen molar-refractivity contribution in [2.75, 3.05) is 39.3 Å². The number of nitrogens with one attached hydrogen (secondary N) is 1. The number of urea groups is 1. The van der Waals surface area contributed by atoms with E-state index in [1.54, 1.807) is 0 Å². The first-order valence-corrected chi connectivity index (χ1v) is 7.95. The lowest BCUT2D eigenvalue weighted by molar-refractivity contribution is 0.118. The number of piperidine rings is 2. The van der Waals surface area contributed by atoms with Gasteiger partial charge in [-0.25, -0.2) is 4.79 Å². The third-order valence-electron chi connectivity index (χ3n) is 4.62. The zero-order valence-corrected chi connectivity index (χ0v) is 12.5. The van der Waals surface area contributed by atoms with Crippen molar-refractivity contribution in [2.45, 2.75) is 39.5 Å². The van der Waals surface area contributed by atoms with Crippen LogP contribution >= 0.6 is 0 Å². The van der Waals surface area contributed by atoms with Crippen molar-refractivity contribution in [3.63, 3.8) is 0 Å². The van der Waals surface area contributed by atoms with Crippen molar-refractivity contribution >= 4 is 6.03 Å². The van der Waals surface area contributed by atoms with Crippen molar-refractivity contribution in [1.82, 2.24) is 15.1 Å². The third kappa shape index (κ3) is 4.10. The molecule has 0 unspecified atom stereocenters. The molecule has 2 amide bonds. The molecule has 0 spiro atoms. The summed E-state index contributed by atoms with van der Waals surface area (Å²) in [5.41, 5.74) is 0. The second kappa shape index (κ2) is 7.13. The fraction of sp³-hybridized carbons (Fsp3) is 0.933. The fourth-order valence-electron chi connectivity index (χ4n) is 3.08. The zero-order valence-electron chi connectivity index (χ0n) is 12.5. The Hall–Kier alpha value is -0.770. The molecule has 4 heteroatoms. The smallest absolute Gasteiger partial charge is 0.319 e. The quantitative estimate of drug-likeness (QED) is 0.850. The predicted octanol–water partition coefficient (Wildman–Crippen LogP) is 2.16. The van der Waals surface area contributed by atoms with E-state index in [-0.39, 0.29) is 6.03 Å². The van der Waals surface area contributed by atoms with Gasteiger partial charge in [0.1, 0.15) is 0 Å². The van der Waals surface area contributed by atoms with Gasteiger partial charge >= 0.3 is 6.03 Å². The average Bonchev–Trinajstić information content (AvgIpc) is 2.46. The minimum absolute atomic E-state index is 0.286. The number of carbonyl (C=O) groups excluding carboxylic acids is 1. The highest BCUT2D eigenvalue weighted by Gasteiger charge is 2.27. The van der Waals surface area contributed by atoms with Crippen molar-refractivity contribution in [1.29, 1.82) is 0 Å². The SMILES string of the molecule is CCNCC1CCN(C(=O)N2CCC(C)CC2)CC1. The van der Waals surface area contributed by atoms with Crippen molar-refractivity contribution < 1.29 is 4.79 Å². The second-order valence-electron chi connectivity index (χ2n) is 6.19. The summed E-state index contributed by atoms with van der Waals surface area (Å²) in [4.78, 5) is 16.5. The molecule has 19 heavy (non-hydrogen) atoms. The number of amides is 2. The Morgan fingerprint density at radius 3 is 2.11 bits per heavy atom. The van der Waals surface area contributed by atoms with E-state index in [1.807, 2.05) is 0 Å². The summed E-state index contributed by atoms with van der Waals surface area (Å²) in [7, 11) is 0. The largest absolute Gasteiger partial charge is 0.325 e. The standard InChI is InChI=1S/C15H29N3O/c1-3-16-12-14-6-10-18(11-7-14)15(19)17-8-4-13(2)5-9-17/h13-14,16H,3-12H2,1-2H3. The summed E-state index contributed by atoms with van der Waals surface area (Å²) in [5, 5.41) is 3.42. The summed E-state index contributed by atoms with van der Waals surface area (Å²) in [6.07, 6.45) is 4.65. The van der Waals surface area contributed by atoms with E-state index < -0.39 is 0 Å². The highest BCUT2D eigenvalue weighted by molar-refractivity contribution is 5.74. The molecule has 2 aliphatic heterocycles. The first-order valence-electron chi connectivity index (χ1n) is 7.95. The maximum atomic E-state index is 12.4. The minimum atomic E-state index is 0.286. The normalized spacial score (nSPS) is 22.8. The first-order chi connectivity index (χ1) is 9.20. The zero-order chi connectivity index (χ0) is 13.7. The Morgan fingerprint density at radius 2 is 1.58 bits per heavy atom. The van der Waals surface area contributed by atoms with Crippen LogP contribution in [0.3, 0.4) is 0 Å². The van der Waals surface area contributed by atoms with Gasteiger partial charge in [-0.05, 0) is 50.6 Å². The first kappa shape index (κ1) is 14.6. The average molecular weight is 267 g/mol. The molecule has 0 atom stereocenters. The van der Waals surface area contributed by atoms with Crippen LogP contribution in [-0.4, -0.2) is 55.1 Å². The van der Waals surface area contributed by atoms with Gasteiger partial charge in [0.2, 0.25) is 0 Å². The maximum Gasteiger partial charge on any atom is 0.319 e. The molecule has 2 rings (SSSR count). The van der Waals surface area contributed by atoms with Gasteiger partial charge < -0.3 is 15.1 Å². The number of hydrogen-bond donors (Lipinski definition) is 1. The molecule has 1 N–H and O–H groups in total. The van der Waals surface area contributed by atoms with Crippen LogP contribution in [0.15, 0.2) is 0 Å². The van der Waals surface area contributed by atoms with Gasteiger partial charge in [-0.1, -0.05) is 13.8 Å². The van der Waals surface area contributed by atoms with E-state index in [0.29, 0.717) is 0 Å². The van der Waals surface area contributed by atoms with Crippen LogP contribution in [-0.2, 0) is 0 Å². The van der Waals surface area contributed by atoms with Crippen LogP contribution in [0.2, 0.25) is 0 Å².